The number of sulfonamides is 1. The molecule has 1 saturated heterocycles. The van der Waals surface area contributed by atoms with E-state index in [9.17, 15) is 26.4 Å². The van der Waals surface area contributed by atoms with Crippen molar-refractivity contribution in [2.75, 3.05) is 31.0 Å². The number of nitrogens with one attached hydrogen (secondary N) is 1. The average molecular weight is 414 g/mol. The van der Waals surface area contributed by atoms with Gasteiger partial charge in [0.05, 0.1) is 34.9 Å². The zero-order chi connectivity index (χ0) is 20.4. The maximum Gasteiger partial charge on any atom is 0.417 e. The standard InChI is InChI=1S/C18H17F3N2O4S/c19-18(20,21)14-6-2-4-8-16(14)28(25,26)22-15-7-3-1-5-13(15)17(24)23-9-11-27-12-10-23/h1-8,22H,9-12H2. The fourth-order valence-electron chi connectivity index (χ4n) is 2.83. The molecular formula is C18H17F3N2O4S. The summed E-state index contributed by atoms with van der Waals surface area (Å²) in [7, 11) is -4.58. The van der Waals surface area contributed by atoms with Crippen molar-refractivity contribution in [3.63, 3.8) is 0 Å². The number of anilines is 1. The number of carbonyl (C=O) groups is 1. The number of hydrogen-bond donors (Lipinski definition) is 1. The van der Waals surface area contributed by atoms with Gasteiger partial charge >= 0.3 is 6.18 Å². The van der Waals surface area contributed by atoms with Gasteiger partial charge in [0.1, 0.15) is 0 Å². The molecule has 1 aliphatic rings. The van der Waals surface area contributed by atoms with Crippen LogP contribution in [0.15, 0.2) is 53.4 Å². The molecule has 28 heavy (non-hydrogen) atoms. The van der Waals surface area contributed by atoms with E-state index in [1.54, 1.807) is 6.07 Å². The summed E-state index contributed by atoms with van der Waals surface area (Å²) in [5.41, 5.74) is -1.31. The molecular weight excluding hydrogens is 397 g/mol. The first-order valence-electron chi connectivity index (χ1n) is 8.35. The number of alkyl halides is 3. The molecule has 0 aliphatic carbocycles. The minimum atomic E-state index is -4.84. The highest BCUT2D eigenvalue weighted by Crippen LogP contribution is 2.35. The largest absolute Gasteiger partial charge is 0.417 e. The zero-order valence-corrected chi connectivity index (χ0v) is 15.4. The number of halogens is 3. The summed E-state index contributed by atoms with van der Waals surface area (Å²) < 4.78 is 72.3. The lowest BCUT2D eigenvalue weighted by Crippen LogP contribution is -2.41. The predicted molar refractivity (Wildman–Crippen MR) is 95.4 cm³/mol. The third-order valence-corrected chi connectivity index (χ3v) is 5.61. The minimum absolute atomic E-state index is 0.0532. The quantitative estimate of drug-likeness (QED) is 0.835. The average Bonchev–Trinajstić information content (AvgIpc) is 2.68. The highest BCUT2D eigenvalue weighted by molar-refractivity contribution is 7.92. The molecule has 0 atom stereocenters. The molecule has 0 spiro atoms. The smallest absolute Gasteiger partial charge is 0.378 e. The number of nitrogens with zero attached hydrogens (tertiary/aromatic N) is 1. The van der Waals surface area contributed by atoms with E-state index in [1.165, 1.54) is 29.2 Å². The predicted octanol–water partition coefficient (Wildman–Crippen LogP) is 2.98. The molecule has 1 aliphatic heterocycles. The van der Waals surface area contributed by atoms with E-state index in [0.29, 0.717) is 32.4 Å². The highest BCUT2D eigenvalue weighted by atomic mass is 32.2. The fraction of sp³-hybridized carbons (Fsp3) is 0.278. The summed E-state index contributed by atoms with van der Waals surface area (Å²) in [4.78, 5) is 13.3. The van der Waals surface area contributed by atoms with E-state index < -0.39 is 32.6 Å². The van der Waals surface area contributed by atoms with Crippen molar-refractivity contribution in [3.8, 4) is 0 Å². The summed E-state index contributed by atoms with van der Waals surface area (Å²) in [5.74, 6) is -0.425. The van der Waals surface area contributed by atoms with Crippen molar-refractivity contribution in [2.24, 2.45) is 0 Å². The van der Waals surface area contributed by atoms with Crippen LogP contribution in [0.25, 0.3) is 0 Å². The second-order valence-corrected chi connectivity index (χ2v) is 7.70. The van der Waals surface area contributed by atoms with E-state index in [-0.39, 0.29) is 11.3 Å². The molecule has 0 unspecified atom stereocenters. The van der Waals surface area contributed by atoms with E-state index >= 15 is 0 Å². The topological polar surface area (TPSA) is 75.7 Å². The second kappa shape index (κ2) is 7.80. The Balaban J connectivity index is 1.96. The van der Waals surface area contributed by atoms with Crippen LogP contribution in [-0.4, -0.2) is 45.5 Å². The van der Waals surface area contributed by atoms with Gasteiger partial charge in [-0.2, -0.15) is 13.2 Å². The Morgan fingerprint density at radius 3 is 2.29 bits per heavy atom. The molecule has 3 rings (SSSR count). The third-order valence-electron chi connectivity index (χ3n) is 4.18. The Bertz CT molecular complexity index is 971. The van der Waals surface area contributed by atoms with Crippen LogP contribution in [0.4, 0.5) is 18.9 Å². The van der Waals surface area contributed by atoms with Gasteiger partial charge in [-0.15, -0.1) is 0 Å². The van der Waals surface area contributed by atoms with Crippen LogP contribution in [0.2, 0.25) is 0 Å². The molecule has 150 valence electrons. The Hall–Kier alpha value is -2.59. The lowest BCUT2D eigenvalue weighted by Gasteiger charge is -2.27. The molecule has 2 aromatic rings. The van der Waals surface area contributed by atoms with Gasteiger partial charge in [0, 0.05) is 13.1 Å². The van der Waals surface area contributed by atoms with Crippen molar-refractivity contribution in [3.05, 3.63) is 59.7 Å². The highest BCUT2D eigenvalue weighted by Gasteiger charge is 2.37. The van der Waals surface area contributed by atoms with Crippen LogP contribution in [0.3, 0.4) is 0 Å². The van der Waals surface area contributed by atoms with Gasteiger partial charge in [-0.1, -0.05) is 24.3 Å². The van der Waals surface area contributed by atoms with Gasteiger partial charge in [0.2, 0.25) is 0 Å². The summed E-state index contributed by atoms with van der Waals surface area (Å²) in [6.45, 7) is 1.41. The molecule has 10 heteroatoms. The van der Waals surface area contributed by atoms with Crippen molar-refractivity contribution >= 4 is 21.6 Å². The van der Waals surface area contributed by atoms with Crippen molar-refractivity contribution in [1.29, 1.82) is 0 Å². The first-order chi connectivity index (χ1) is 13.2. The Labute approximate surface area is 160 Å². The van der Waals surface area contributed by atoms with Crippen molar-refractivity contribution < 1.29 is 31.1 Å². The van der Waals surface area contributed by atoms with Gasteiger partial charge in [-0.05, 0) is 24.3 Å². The van der Waals surface area contributed by atoms with E-state index in [2.05, 4.69) is 4.72 Å². The molecule has 1 fully saturated rings. The van der Waals surface area contributed by atoms with Gasteiger partial charge in [-0.3, -0.25) is 9.52 Å². The van der Waals surface area contributed by atoms with Gasteiger partial charge in [0.25, 0.3) is 15.9 Å². The molecule has 2 aromatic carbocycles. The van der Waals surface area contributed by atoms with Crippen LogP contribution in [0.1, 0.15) is 15.9 Å². The maximum atomic E-state index is 13.2. The number of ether oxygens (including phenoxy) is 1. The summed E-state index contributed by atoms with van der Waals surface area (Å²) >= 11 is 0. The number of benzene rings is 2. The Kier molecular flexibility index (Phi) is 5.61. The van der Waals surface area contributed by atoms with Crippen LogP contribution < -0.4 is 4.72 Å². The number of carbonyl (C=O) groups excluding carboxylic acids is 1. The van der Waals surface area contributed by atoms with Gasteiger partial charge < -0.3 is 9.64 Å². The molecule has 6 nitrogen and oxygen atoms in total. The third kappa shape index (κ3) is 4.28. The molecule has 1 N–H and O–H groups in total. The van der Waals surface area contributed by atoms with Gasteiger partial charge in [-0.25, -0.2) is 8.42 Å². The normalized spacial score (nSPS) is 15.3. The minimum Gasteiger partial charge on any atom is -0.378 e. The molecule has 0 saturated carbocycles. The van der Waals surface area contributed by atoms with Crippen LogP contribution in [-0.2, 0) is 20.9 Å². The van der Waals surface area contributed by atoms with E-state index in [0.717, 1.165) is 12.1 Å². The van der Waals surface area contributed by atoms with Crippen molar-refractivity contribution in [2.45, 2.75) is 11.1 Å². The lowest BCUT2D eigenvalue weighted by molar-refractivity contribution is -0.139. The molecule has 1 amide bonds. The number of rotatable bonds is 4. The van der Waals surface area contributed by atoms with E-state index in [1.807, 2.05) is 0 Å². The summed E-state index contributed by atoms with van der Waals surface area (Å²) in [5, 5.41) is 0. The summed E-state index contributed by atoms with van der Waals surface area (Å²) in [6, 6.07) is 9.68. The number of hydrogen-bond acceptors (Lipinski definition) is 4. The molecule has 1 heterocycles. The Morgan fingerprint density at radius 2 is 1.61 bits per heavy atom. The van der Waals surface area contributed by atoms with Crippen LogP contribution in [0.5, 0.6) is 0 Å². The SMILES string of the molecule is O=C(c1ccccc1NS(=O)(=O)c1ccccc1C(F)(F)F)N1CCOCC1. The number of para-hydroxylation sites is 1. The van der Waals surface area contributed by atoms with Crippen LogP contribution >= 0.6 is 0 Å². The molecule has 0 radical (unpaired) electrons. The fourth-order valence-corrected chi connectivity index (χ4v) is 4.14. The molecule has 0 aromatic heterocycles. The van der Waals surface area contributed by atoms with Gasteiger partial charge in [0.15, 0.2) is 0 Å². The summed E-state index contributed by atoms with van der Waals surface area (Å²) in [6.07, 6.45) is -4.84. The second-order valence-electron chi connectivity index (χ2n) is 6.05. The van der Waals surface area contributed by atoms with Crippen LogP contribution in [0, 0.1) is 0 Å². The number of amides is 1. The van der Waals surface area contributed by atoms with E-state index in [4.69, 9.17) is 4.74 Å². The lowest BCUT2D eigenvalue weighted by atomic mass is 10.1. The first kappa shape index (κ1) is 20.2. The first-order valence-corrected chi connectivity index (χ1v) is 9.83. The Morgan fingerprint density at radius 1 is 1.00 bits per heavy atom. The monoisotopic (exact) mass is 414 g/mol. The zero-order valence-electron chi connectivity index (χ0n) is 14.6. The number of morpholine rings is 1. The van der Waals surface area contributed by atoms with Crippen molar-refractivity contribution in [1.82, 2.24) is 4.90 Å². The maximum absolute atomic E-state index is 13.2. The molecule has 0 bridgehead atoms.